The molecule has 122 valence electrons. The highest BCUT2D eigenvalue weighted by atomic mass is 79.9. The van der Waals surface area contributed by atoms with Crippen molar-refractivity contribution < 1.29 is 13.9 Å². The summed E-state index contributed by atoms with van der Waals surface area (Å²) in [6, 6.07) is 2.87. The summed E-state index contributed by atoms with van der Waals surface area (Å²) in [4.78, 5) is 14.0. The summed E-state index contributed by atoms with van der Waals surface area (Å²) in [6.07, 6.45) is 1.84. The molecule has 0 bridgehead atoms. The number of rotatable bonds is 4. The molecule has 0 spiro atoms. The van der Waals surface area contributed by atoms with E-state index in [9.17, 15) is 9.18 Å². The van der Waals surface area contributed by atoms with Gasteiger partial charge in [0, 0.05) is 11.6 Å². The Hall–Kier alpha value is -0.810. The smallest absolute Gasteiger partial charge is 0.410 e. The zero-order valence-electron chi connectivity index (χ0n) is 13.0. The van der Waals surface area contributed by atoms with Crippen LogP contribution in [-0.4, -0.2) is 23.1 Å². The minimum atomic E-state index is -0.562. The van der Waals surface area contributed by atoms with Gasteiger partial charge in [0.05, 0.1) is 11.0 Å². The number of nitrogens with zero attached hydrogens (tertiary/aromatic N) is 1. The molecule has 0 aromatic heterocycles. The maximum Gasteiger partial charge on any atom is 0.410 e. The van der Waals surface area contributed by atoms with Crippen LogP contribution in [0.15, 0.2) is 16.6 Å². The van der Waals surface area contributed by atoms with Crippen molar-refractivity contribution in [1.29, 1.82) is 0 Å². The minimum absolute atomic E-state index is 0.244. The molecule has 0 N–H and O–H groups in total. The topological polar surface area (TPSA) is 29.5 Å². The molecule has 0 radical (unpaired) electrons. The Morgan fingerprint density at radius 1 is 1.45 bits per heavy atom. The van der Waals surface area contributed by atoms with E-state index in [0.29, 0.717) is 27.5 Å². The molecule has 3 nitrogen and oxygen atoms in total. The second-order valence-electron chi connectivity index (χ2n) is 6.66. The molecule has 1 fully saturated rings. The maximum absolute atomic E-state index is 13.7. The average molecular weight is 393 g/mol. The predicted octanol–water partition coefficient (Wildman–Crippen LogP) is 5.39. The highest BCUT2D eigenvalue weighted by Crippen LogP contribution is 2.32. The van der Waals surface area contributed by atoms with Gasteiger partial charge < -0.3 is 9.64 Å². The van der Waals surface area contributed by atoms with Crippen molar-refractivity contribution in [2.45, 2.75) is 45.8 Å². The molecular formula is C16H20BrClFNO2. The molecule has 1 aliphatic carbocycles. The molecular weight excluding hydrogens is 373 g/mol. The lowest BCUT2D eigenvalue weighted by Gasteiger charge is -2.28. The molecule has 2 rings (SSSR count). The van der Waals surface area contributed by atoms with E-state index in [2.05, 4.69) is 15.9 Å². The number of amides is 1. The number of halogens is 3. The molecule has 0 unspecified atom stereocenters. The van der Waals surface area contributed by atoms with Crippen molar-refractivity contribution in [3.8, 4) is 0 Å². The molecule has 1 saturated carbocycles. The molecule has 0 saturated heterocycles. The van der Waals surface area contributed by atoms with Crippen LogP contribution in [0.1, 0.15) is 39.2 Å². The Morgan fingerprint density at radius 2 is 2.09 bits per heavy atom. The van der Waals surface area contributed by atoms with E-state index in [0.717, 1.165) is 12.8 Å². The summed E-state index contributed by atoms with van der Waals surface area (Å²) in [5.41, 5.74) is 0.0158. The zero-order valence-corrected chi connectivity index (χ0v) is 15.3. The van der Waals surface area contributed by atoms with Crippen LogP contribution < -0.4 is 0 Å². The molecule has 0 heterocycles. The molecule has 0 aliphatic heterocycles. The number of ether oxygens (including phenoxy) is 1. The lowest BCUT2D eigenvalue weighted by Crippen LogP contribution is -2.37. The normalized spacial score (nSPS) is 14.8. The largest absolute Gasteiger partial charge is 0.444 e. The minimum Gasteiger partial charge on any atom is -0.444 e. The van der Waals surface area contributed by atoms with Crippen molar-refractivity contribution >= 4 is 33.6 Å². The van der Waals surface area contributed by atoms with Crippen LogP contribution in [0.4, 0.5) is 9.18 Å². The SMILES string of the molecule is CC(C)(C)OC(=O)N(Cc1cc(F)c(Br)cc1Cl)CC1CC1. The summed E-state index contributed by atoms with van der Waals surface area (Å²) in [5, 5.41) is 0.428. The molecule has 1 amide bonds. The van der Waals surface area contributed by atoms with E-state index < -0.39 is 17.5 Å². The van der Waals surface area contributed by atoms with Crippen LogP contribution in [0.3, 0.4) is 0 Å². The van der Waals surface area contributed by atoms with Gasteiger partial charge in [-0.2, -0.15) is 0 Å². The van der Waals surface area contributed by atoms with Gasteiger partial charge in [-0.3, -0.25) is 0 Å². The zero-order chi connectivity index (χ0) is 16.5. The van der Waals surface area contributed by atoms with Crippen molar-refractivity contribution in [2.75, 3.05) is 6.54 Å². The first kappa shape index (κ1) is 17.5. The fourth-order valence-electron chi connectivity index (χ4n) is 2.03. The van der Waals surface area contributed by atoms with E-state index in [1.54, 1.807) is 4.90 Å². The molecule has 1 aromatic carbocycles. The average Bonchev–Trinajstić information content (AvgIpc) is 3.16. The van der Waals surface area contributed by atoms with Crippen LogP contribution in [0, 0.1) is 11.7 Å². The Morgan fingerprint density at radius 3 is 2.64 bits per heavy atom. The third-order valence-electron chi connectivity index (χ3n) is 3.28. The highest BCUT2D eigenvalue weighted by molar-refractivity contribution is 9.10. The van der Waals surface area contributed by atoms with Gasteiger partial charge >= 0.3 is 6.09 Å². The van der Waals surface area contributed by atoms with E-state index >= 15 is 0 Å². The first-order valence-corrected chi connectivity index (χ1v) is 8.44. The summed E-state index contributed by atoms with van der Waals surface area (Å²) < 4.78 is 19.5. The first-order chi connectivity index (χ1) is 10.2. The third kappa shape index (κ3) is 5.13. The number of carbonyl (C=O) groups excluding carboxylic acids is 1. The van der Waals surface area contributed by atoms with Gasteiger partial charge in [0.15, 0.2) is 0 Å². The lowest BCUT2D eigenvalue weighted by atomic mass is 10.2. The summed E-state index contributed by atoms with van der Waals surface area (Å²) >= 11 is 9.26. The number of carbonyl (C=O) groups is 1. The molecule has 1 aliphatic rings. The third-order valence-corrected chi connectivity index (χ3v) is 4.24. The standard InChI is InChI=1S/C16H20BrClFNO2/c1-16(2,3)22-15(21)20(8-10-4-5-10)9-11-6-14(19)12(17)7-13(11)18/h6-7,10H,4-5,8-9H2,1-3H3. The maximum atomic E-state index is 13.7. The van der Waals surface area contributed by atoms with Crippen molar-refractivity contribution in [3.05, 3.63) is 33.0 Å². The lowest BCUT2D eigenvalue weighted by molar-refractivity contribution is 0.0224. The fourth-order valence-corrected chi connectivity index (χ4v) is 2.73. The summed E-state index contributed by atoms with van der Waals surface area (Å²) in [6.45, 7) is 6.34. The van der Waals surface area contributed by atoms with Crippen molar-refractivity contribution in [1.82, 2.24) is 4.90 Å². The van der Waals surface area contributed by atoms with E-state index in [1.807, 2.05) is 20.8 Å². The molecule has 1 aromatic rings. The van der Waals surface area contributed by atoms with Gasteiger partial charge in [-0.15, -0.1) is 0 Å². The Kier molecular flexibility index (Phi) is 5.38. The van der Waals surface area contributed by atoms with Crippen LogP contribution in [0.25, 0.3) is 0 Å². The van der Waals surface area contributed by atoms with E-state index in [1.165, 1.54) is 12.1 Å². The highest BCUT2D eigenvalue weighted by Gasteiger charge is 2.30. The van der Waals surface area contributed by atoms with Gasteiger partial charge in [0.25, 0.3) is 0 Å². The van der Waals surface area contributed by atoms with E-state index in [-0.39, 0.29) is 6.54 Å². The van der Waals surface area contributed by atoms with Gasteiger partial charge in [0.1, 0.15) is 11.4 Å². The monoisotopic (exact) mass is 391 g/mol. The number of hydrogen-bond donors (Lipinski definition) is 0. The van der Waals surface area contributed by atoms with Crippen LogP contribution in [0.2, 0.25) is 5.02 Å². The second kappa shape index (κ2) is 6.75. The fraction of sp³-hybridized carbons (Fsp3) is 0.562. The van der Waals surface area contributed by atoms with Gasteiger partial charge in [-0.25, -0.2) is 9.18 Å². The molecule has 0 atom stereocenters. The quantitative estimate of drug-likeness (QED) is 0.643. The van der Waals surface area contributed by atoms with Crippen LogP contribution in [0.5, 0.6) is 0 Å². The number of benzene rings is 1. The van der Waals surface area contributed by atoms with Gasteiger partial charge in [-0.1, -0.05) is 11.6 Å². The Labute approximate surface area is 143 Å². The first-order valence-electron chi connectivity index (χ1n) is 7.27. The summed E-state index contributed by atoms with van der Waals surface area (Å²) in [5.74, 6) is 0.113. The van der Waals surface area contributed by atoms with Gasteiger partial charge in [0.2, 0.25) is 0 Å². The summed E-state index contributed by atoms with van der Waals surface area (Å²) in [7, 11) is 0. The van der Waals surface area contributed by atoms with Crippen LogP contribution >= 0.6 is 27.5 Å². The van der Waals surface area contributed by atoms with Crippen LogP contribution in [-0.2, 0) is 11.3 Å². The molecule has 6 heteroatoms. The second-order valence-corrected chi connectivity index (χ2v) is 7.92. The molecule has 22 heavy (non-hydrogen) atoms. The Bertz CT molecular complexity index is 570. The Balaban J connectivity index is 2.15. The van der Waals surface area contributed by atoms with Crippen molar-refractivity contribution in [2.24, 2.45) is 5.92 Å². The predicted molar refractivity (Wildman–Crippen MR) is 88.5 cm³/mol. The van der Waals surface area contributed by atoms with E-state index in [4.69, 9.17) is 16.3 Å². The van der Waals surface area contributed by atoms with Crippen molar-refractivity contribution in [3.63, 3.8) is 0 Å². The number of hydrogen-bond acceptors (Lipinski definition) is 2. The van der Waals surface area contributed by atoms with Gasteiger partial charge in [-0.05, 0) is 73.2 Å².